The molecule has 0 saturated heterocycles. The number of hydrogen-bond donors (Lipinski definition) is 1. The van der Waals surface area contributed by atoms with Crippen molar-refractivity contribution in [1.29, 1.82) is 0 Å². The molecule has 0 atom stereocenters. The van der Waals surface area contributed by atoms with Gasteiger partial charge in [-0.15, -0.1) is 5.10 Å². The van der Waals surface area contributed by atoms with E-state index < -0.39 is 0 Å². The van der Waals surface area contributed by atoms with Crippen molar-refractivity contribution in [2.24, 2.45) is 0 Å². The molecule has 0 spiro atoms. The number of nitrogens with two attached hydrogens (primary N) is 1. The van der Waals surface area contributed by atoms with Crippen LogP contribution in [0.2, 0.25) is 0 Å². The maximum atomic E-state index is 5.58. The Morgan fingerprint density at radius 3 is 2.35 bits per heavy atom. The number of imidazole rings is 1. The lowest BCUT2D eigenvalue weighted by molar-refractivity contribution is 0.504. The van der Waals surface area contributed by atoms with Crippen molar-refractivity contribution in [1.82, 2.24) is 29.0 Å². The molecular weight excluding hydrogens is 326 g/mol. The number of nitrogen functional groups attached to an aromatic ring is 1. The number of aromatic nitrogens is 6. The maximum Gasteiger partial charge on any atom is 0.238 e. The standard InChI is InChI=1S/C13H11N7.C6H12/c1-8-4-16-13-17-5-9(7-19(8)13)10-2-3-20-11(10)6-15-12(14)18-20;1-2-4-6-5-3-1/h2-7H,1H3,(H2,14,18);1-6H2. The van der Waals surface area contributed by atoms with Gasteiger partial charge in [0.1, 0.15) is 0 Å². The summed E-state index contributed by atoms with van der Waals surface area (Å²) >= 11 is 0. The molecule has 26 heavy (non-hydrogen) atoms. The third-order valence-corrected chi connectivity index (χ3v) is 4.80. The second-order valence-electron chi connectivity index (χ2n) is 6.71. The van der Waals surface area contributed by atoms with E-state index in [4.69, 9.17) is 5.73 Å². The average Bonchev–Trinajstić information content (AvgIpc) is 3.27. The number of fused-ring (bicyclic) bond motifs is 2. The van der Waals surface area contributed by atoms with Gasteiger partial charge >= 0.3 is 0 Å². The Bertz CT molecular complexity index is 1020. The molecule has 5 rings (SSSR count). The maximum absolute atomic E-state index is 5.58. The Labute approximate surface area is 151 Å². The van der Waals surface area contributed by atoms with E-state index in [1.807, 2.05) is 29.8 Å². The first-order valence-electron chi connectivity index (χ1n) is 9.12. The van der Waals surface area contributed by atoms with Crippen LogP contribution in [0.15, 0.2) is 37.1 Å². The van der Waals surface area contributed by atoms with E-state index in [1.54, 1.807) is 23.1 Å². The van der Waals surface area contributed by atoms with Crippen LogP contribution < -0.4 is 5.73 Å². The monoisotopic (exact) mass is 349 g/mol. The molecule has 0 radical (unpaired) electrons. The predicted molar refractivity (Wildman–Crippen MR) is 102 cm³/mol. The van der Waals surface area contributed by atoms with Crippen LogP contribution in [0, 0.1) is 6.92 Å². The summed E-state index contributed by atoms with van der Waals surface area (Å²) in [5.74, 6) is 0.939. The number of nitrogens with zero attached hydrogens (tertiary/aromatic N) is 6. The van der Waals surface area contributed by atoms with Crippen LogP contribution in [-0.2, 0) is 0 Å². The van der Waals surface area contributed by atoms with Gasteiger partial charge in [-0.05, 0) is 13.0 Å². The van der Waals surface area contributed by atoms with E-state index in [0.29, 0.717) is 5.78 Å². The van der Waals surface area contributed by atoms with Gasteiger partial charge in [-0.1, -0.05) is 38.5 Å². The van der Waals surface area contributed by atoms with Crippen LogP contribution in [-0.4, -0.2) is 29.0 Å². The number of rotatable bonds is 1. The fraction of sp³-hybridized carbons (Fsp3) is 0.368. The van der Waals surface area contributed by atoms with Gasteiger partial charge in [0.15, 0.2) is 0 Å². The summed E-state index contributed by atoms with van der Waals surface area (Å²) in [7, 11) is 0. The van der Waals surface area contributed by atoms with Crippen LogP contribution >= 0.6 is 0 Å². The van der Waals surface area contributed by atoms with E-state index in [-0.39, 0.29) is 5.95 Å². The molecule has 1 fully saturated rings. The summed E-state index contributed by atoms with van der Waals surface area (Å²) in [5.41, 5.74) is 9.50. The highest BCUT2D eigenvalue weighted by Crippen LogP contribution is 2.24. The minimum absolute atomic E-state index is 0.249. The molecule has 7 heteroatoms. The first-order valence-corrected chi connectivity index (χ1v) is 9.12. The highest BCUT2D eigenvalue weighted by Gasteiger charge is 2.09. The summed E-state index contributed by atoms with van der Waals surface area (Å²) in [4.78, 5) is 12.6. The van der Waals surface area contributed by atoms with E-state index in [1.165, 1.54) is 38.5 Å². The largest absolute Gasteiger partial charge is 0.367 e. The molecule has 2 N–H and O–H groups in total. The van der Waals surface area contributed by atoms with Gasteiger partial charge in [0.05, 0.1) is 17.9 Å². The summed E-state index contributed by atoms with van der Waals surface area (Å²) < 4.78 is 3.67. The quantitative estimate of drug-likeness (QED) is 0.566. The Hall–Kier alpha value is -2.96. The van der Waals surface area contributed by atoms with Gasteiger partial charge in [0.2, 0.25) is 11.7 Å². The zero-order chi connectivity index (χ0) is 17.9. The van der Waals surface area contributed by atoms with Crippen molar-refractivity contribution in [3.8, 4) is 11.1 Å². The van der Waals surface area contributed by atoms with Gasteiger partial charge in [-0.3, -0.25) is 4.40 Å². The van der Waals surface area contributed by atoms with Crippen LogP contribution in [0.4, 0.5) is 5.95 Å². The molecule has 1 aliphatic rings. The molecule has 0 amide bonds. The highest BCUT2D eigenvalue weighted by molar-refractivity contribution is 5.79. The molecular formula is C19H23N7. The molecule has 4 aromatic rings. The molecule has 0 aromatic carbocycles. The van der Waals surface area contributed by atoms with Crippen molar-refractivity contribution in [3.05, 3.63) is 42.7 Å². The summed E-state index contributed by atoms with van der Waals surface area (Å²) in [6.07, 6.45) is 18.2. The second-order valence-corrected chi connectivity index (χ2v) is 6.71. The van der Waals surface area contributed by atoms with E-state index >= 15 is 0 Å². The fourth-order valence-electron chi connectivity index (χ4n) is 3.35. The Balaban J connectivity index is 0.000000240. The van der Waals surface area contributed by atoms with Gasteiger partial charge in [0, 0.05) is 35.4 Å². The molecule has 0 bridgehead atoms. The first-order chi connectivity index (χ1) is 12.7. The molecule has 134 valence electrons. The van der Waals surface area contributed by atoms with Crippen molar-refractivity contribution in [2.75, 3.05) is 5.73 Å². The molecule has 1 aliphatic carbocycles. The summed E-state index contributed by atoms with van der Waals surface area (Å²) in [6, 6.07) is 1.97. The minimum atomic E-state index is 0.249. The van der Waals surface area contributed by atoms with Crippen molar-refractivity contribution < 1.29 is 0 Å². The Morgan fingerprint density at radius 2 is 1.62 bits per heavy atom. The van der Waals surface area contributed by atoms with Crippen LogP contribution in [0.3, 0.4) is 0 Å². The Morgan fingerprint density at radius 1 is 0.923 bits per heavy atom. The Kier molecular flexibility index (Phi) is 4.51. The van der Waals surface area contributed by atoms with E-state index in [2.05, 4.69) is 20.1 Å². The summed E-state index contributed by atoms with van der Waals surface area (Å²) in [6.45, 7) is 1.99. The third-order valence-electron chi connectivity index (χ3n) is 4.80. The fourth-order valence-corrected chi connectivity index (χ4v) is 3.35. The predicted octanol–water partition coefficient (Wildman–Crippen LogP) is 3.67. The van der Waals surface area contributed by atoms with Crippen LogP contribution in [0.25, 0.3) is 22.4 Å². The van der Waals surface area contributed by atoms with Crippen molar-refractivity contribution in [2.45, 2.75) is 45.4 Å². The lowest BCUT2D eigenvalue weighted by atomic mass is 10.0. The summed E-state index contributed by atoms with van der Waals surface area (Å²) in [5, 5.41) is 4.14. The molecule has 7 nitrogen and oxygen atoms in total. The molecule has 0 aliphatic heterocycles. The van der Waals surface area contributed by atoms with Crippen LogP contribution in [0.1, 0.15) is 44.2 Å². The van der Waals surface area contributed by atoms with Gasteiger partial charge in [-0.2, -0.15) is 0 Å². The highest BCUT2D eigenvalue weighted by atomic mass is 15.3. The zero-order valence-corrected chi connectivity index (χ0v) is 15.0. The smallest absolute Gasteiger partial charge is 0.238 e. The van der Waals surface area contributed by atoms with Gasteiger partial charge < -0.3 is 5.73 Å². The first kappa shape index (κ1) is 16.5. The molecule has 4 heterocycles. The third kappa shape index (κ3) is 3.24. The zero-order valence-electron chi connectivity index (χ0n) is 15.0. The molecule has 0 unspecified atom stereocenters. The lowest BCUT2D eigenvalue weighted by Crippen LogP contribution is -1.99. The minimum Gasteiger partial charge on any atom is -0.367 e. The molecule has 4 aromatic heterocycles. The molecule has 1 saturated carbocycles. The number of aryl methyl sites for hydroxylation is 1. The number of anilines is 1. The topological polar surface area (TPSA) is 86.4 Å². The number of hydrogen-bond acceptors (Lipinski definition) is 5. The van der Waals surface area contributed by atoms with E-state index in [0.717, 1.165) is 22.3 Å². The lowest BCUT2D eigenvalue weighted by Gasteiger charge is -2.05. The normalized spacial score (nSPS) is 14.3. The van der Waals surface area contributed by atoms with Crippen molar-refractivity contribution in [3.63, 3.8) is 0 Å². The van der Waals surface area contributed by atoms with Crippen LogP contribution in [0.5, 0.6) is 0 Å². The average molecular weight is 349 g/mol. The van der Waals surface area contributed by atoms with Gasteiger partial charge in [-0.25, -0.2) is 19.5 Å². The second kappa shape index (κ2) is 7.11. The van der Waals surface area contributed by atoms with Gasteiger partial charge in [0.25, 0.3) is 0 Å². The van der Waals surface area contributed by atoms with Crippen molar-refractivity contribution >= 4 is 17.2 Å². The van der Waals surface area contributed by atoms with E-state index in [9.17, 15) is 0 Å². The SMILES string of the molecule is C1CCCCC1.Cc1cnc2ncc(-c3ccn4nc(N)ncc34)cn12.